The summed E-state index contributed by atoms with van der Waals surface area (Å²) in [4.78, 5) is 20.2. The number of hydrogen-bond acceptors (Lipinski definition) is 4. The number of esters is 1. The van der Waals surface area contributed by atoms with E-state index >= 15 is 0 Å². The number of ether oxygens (including phenoxy) is 1. The van der Waals surface area contributed by atoms with Crippen LogP contribution < -0.4 is 5.32 Å². The van der Waals surface area contributed by atoms with Gasteiger partial charge in [0.15, 0.2) is 5.96 Å². The van der Waals surface area contributed by atoms with Gasteiger partial charge in [-0.15, -0.1) is 11.3 Å². The highest BCUT2D eigenvalue weighted by molar-refractivity contribution is 7.09. The zero-order valence-corrected chi connectivity index (χ0v) is 14.9. The fraction of sp³-hybridized carbons (Fsp3) is 0.647. The molecule has 1 saturated heterocycles. The zero-order chi connectivity index (χ0) is 16.5. The van der Waals surface area contributed by atoms with Crippen molar-refractivity contribution < 1.29 is 9.53 Å². The van der Waals surface area contributed by atoms with Gasteiger partial charge in [0.1, 0.15) is 0 Å². The third-order valence-electron chi connectivity index (χ3n) is 3.95. The van der Waals surface area contributed by atoms with Crippen molar-refractivity contribution in [2.24, 2.45) is 10.9 Å². The Bertz CT molecular complexity index is 494. The molecular formula is C17H27N3O2S. The average molecular weight is 337 g/mol. The van der Waals surface area contributed by atoms with Crippen molar-refractivity contribution in [3.63, 3.8) is 0 Å². The number of nitrogens with one attached hydrogen (secondary N) is 1. The van der Waals surface area contributed by atoms with E-state index in [-0.39, 0.29) is 11.9 Å². The third-order valence-corrected chi connectivity index (χ3v) is 4.89. The average Bonchev–Trinajstić information content (AvgIpc) is 3.08. The second-order valence-electron chi connectivity index (χ2n) is 5.58. The summed E-state index contributed by atoms with van der Waals surface area (Å²) in [6, 6.07) is 4.23. The minimum atomic E-state index is -0.0493. The van der Waals surface area contributed by atoms with Crippen LogP contribution in [0.2, 0.25) is 0 Å². The van der Waals surface area contributed by atoms with Crippen LogP contribution in [0.4, 0.5) is 0 Å². The Morgan fingerprint density at radius 1 is 1.43 bits per heavy atom. The molecule has 1 aliphatic heterocycles. The summed E-state index contributed by atoms with van der Waals surface area (Å²) >= 11 is 1.78. The SMILES string of the molecule is CCNC(=NCCc1cccs1)N1CCC(C(=O)OCC)CC1. The molecule has 0 atom stereocenters. The molecule has 2 heterocycles. The molecule has 0 bridgehead atoms. The van der Waals surface area contributed by atoms with Gasteiger partial charge in [-0.2, -0.15) is 0 Å². The van der Waals surface area contributed by atoms with Crippen molar-refractivity contribution in [3.05, 3.63) is 22.4 Å². The van der Waals surface area contributed by atoms with Gasteiger partial charge in [0.05, 0.1) is 12.5 Å². The van der Waals surface area contributed by atoms with Gasteiger partial charge in [0.2, 0.25) is 0 Å². The Labute approximate surface area is 142 Å². The van der Waals surface area contributed by atoms with Gasteiger partial charge < -0.3 is 15.0 Å². The molecule has 1 aliphatic rings. The fourth-order valence-electron chi connectivity index (χ4n) is 2.74. The minimum Gasteiger partial charge on any atom is -0.466 e. The summed E-state index contributed by atoms with van der Waals surface area (Å²) in [5.41, 5.74) is 0. The monoisotopic (exact) mass is 337 g/mol. The number of carbonyl (C=O) groups is 1. The second kappa shape index (κ2) is 9.55. The molecule has 1 aromatic rings. The Morgan fingerprint density at radius 3 is 2.83 bits per heavy atom. The van der Waals surface area contributed by atoms with Gasteiger partial charge in [-0.3, -0.25) is 9.79 Å². The molecule has 2 rings (SSSR count). The lowest BCUT2D eigenvalue weighted by molar-refractivity contribution is -0.149. The Morgan fingerprint density at radius 2 is 2.22 bits per heavy atom. The summed E-state index contributed by atoms with van der Waals surface area (Å²) in [7, 11) is 0. The summed E-state index contributed by atoms with van der Waals surface area (Å²) < 4.78 is 5.13. The van der Waals surface area contributed by atoms with Gasteiger partial charge in [-0.05, 0) is 38.1 Å². The second-order valence-corrected chi connectivity index (χ2v) is 6.61. The minimum absolute atomic E-state index is 0.0418. The molecule has 128 valence electrons. The number of rotatable bonds is 6. The number of likely N-dealkylation sites (tertiary alicyclic amines) is 1. The Balaban J connectivity index is 1.85. The van der Waals surface area contributed by atoms with Crippen molar-refractivity contribution in [3.8, 4) is 0 Å². The number of nitrogens with zero attached hydrogens (tertiary/aromatic N) is 2. The van der Waals surface area contributed by atoms with E-state index in [0.717, 1.165) is 51.4 Å². The van der Waals surface area contributed by atoms with Crippen molar-refractivity contribution >= 4 is 23.3 Å². The van der Waals surface area contributed by atoms with Crippen LogP contribution in [-0.4, -0.2) is 49.6 Å². The quantitative estimate of drug-likeness (QED) is 0.492. The first kappa shape index (κ1) is 17.8. The maximum absolute atomic E-state index is 11.8. The molecule has 0 radical (unpaired) electrons. The number of thiophene rings is 1. The summed E-state index contributed by atoms with van der Waals surface area (Å²) in [6.07, 6.45) is 2.66. The number of aliphatic imine (C=N–C) groups is 1. The first-order valence-electron chi connectivity index (χ1n) is 8.46. The summed E-state index contributed by atoms with van der Waals surface area (Å²) in [6.45, 7) is 7.77. The maximum Gasteiger partial charge on any atom is 0.309 e. The summed E-state index contributed by atoms with van der Waals surface area (Å²) in [5.74, 6) is 0.957. The highest BCUT2D eigenvalue weighted by Crippen LogP contribution is 2.19. The number of piperidine rings is 1. The molecule has 1 fully saturated rings. The standard InChI is InChI=1S/C17H27N3O2S/c1-3-18-17(19-10-7-15-6-5-13-23-15)20-11-8-14(9-12-20)16(21)22-4-2/h5-6,13-14H,3-4,7-12H2,1-2H3,(H,18,19). The van der Waals surface area contributed by atoms with Crippen LogP contribution in [0.25, 0.3) is 0 Å². The predicted octanol–water partition coefficient (Wildman–Crippen LogP) is 2.53. The van der Waals surface area contributed by atoms with Crippen LogP contribution in [0.3, 0.4) is 0 Å². The Hall–Kier alpha value is -1.56. The molecule has 0 unspecified atom stereocenters. The van der Waals surface area contributed by atoms with E-state index in [1.54, 1.807) is 11.3 Å². The lowest BCUT2D eigenvalue weighted by atomic mass is 9.97. The number of carbonyl (C=O) groups excluding carboxylic acids is 1. The molecule has 0 saturated carbocycles. The summed E-state index contributed by atoms with van der Waals surface area (Å²) in [5, 5.41) is 5.47. The molecule has 0 spiro atoms. The molecule has 1 aromatic heterocycles. The fourth-order valence-corrected chi connectivity index (χ4v) is 3.44. The molecule has 1 N–H and O–H groups in total. The maximum atomic E-state index is 11.8. The molecular weight excluding hydrogens is 310 g/mol. The molecule has 23 heavy (non-hydrogen) atoms. The van der Waals surface area contributed by atoms with Crippen molar-refractivity contribution in [2.75, 3.05) is 32.8 Å². The van der Waals surface area contributed by atoms with E-state index in [1.165, 1.54) is 4.88 Å². The molecule has 5 nitrogen and oxygen atoms in total. The van der Waals surface area contributed by atoms with Crippen molar-refractivity contribution in [1.82, 2.24) is 10.2 Å². The lowest BCUT2D eigenvalue weighted by Gasteiger charge is -2.33. The number of hydrogen-bond donors (Lipinski definition) is 1. The van der Waals surface area contributed by atoms with E-state index in [9.17, 15) is 4.79 Å². The Kier molecular flexibility index (Phi) is 7.39. The van der Waals surface area contributed by atoms with Crippen LogP contribution in [-0.2, 0) is 16.0 Å². The zero-order valence-electron chi connectivity index (χ0n) is 14.1. The van der Waals surface area contributed by atoms with E-state index in [2.05, 4.69) is 34.7 Å². The van der Waals surface area contributed by atoms with Crippen molar-refractivity contribution in [2.45, 2.75) is 33.1 Å². The van der Waals surface area contributed by atoms with Crippen LogP contribution in [0.15, 0.2) is 22.5 Å². The van der Waals surface area contributed by atoms with Crippen LogP contribution in [0, 0.1) is 5.92 Å². The van der Waals surface area contributed by atoms with Crippen molar-refractivity contribution in [1.29, 1.82) is 0 Å². The first-order valence-corrected chi connectivity index (χ1v) is 9.34. The third kappa shape index (κ3) is 5.53. The topological polar surface area (TPSA) is 53.9 Å². The van der Waals surface area contributed by atoms with E-state index < -0.39 is 0 Å². The van der Waals surface area contributed by atoms with E-state index in [4.69, 9.17) is 9.73 Å². The normalized spacial score (nSPS) is 16.4. The molecule has 0 amide bonds. The van der Waals surface area contributed by atoms with Gasteiger partial charge in [-0.1, -0.05) is 6.07 Å². The highest BCUT2D eigenvalue weighted by Gasteiger charge is 2.27. The van der Waals surface area contributed by atoms with Gasteiger partial charge >= 0.3 is 5.97 Å². The smallest absolute Gasteiger partial charge is 0.309 e. The van der Waals surface area contributed by atoms with Crippen LogP contribution in [0.1, 0.15) is 31.6 Å². The van der Waals surface area contributed by atoms with Gasteiger partial charge in [0.25, 0.3) is 0 Å². The predicted molar refractivity (Wildman–Crippen MR) is 94.9 cm³/mol. The van der Waals surface area contributed by atoms with E-state index in [0.29, 0.717) is 6.61 Å². The molecule has 6 heteroatoms. The first-order chi connectivity index (χ1) is 11.2. The molecule has 0 aliphatic carbocycles. The highest BCUT2D eigenvalue weighted by atomic mass is 32.1. The van der Waals surface area contributed by atoms with Crippen LogP contribution in [0.5, 0.6) is 0 Å². The van der Waals surface area contributed by atoms with E-state index in [1.807, 2.05) is 6.92 Å². The largest absolute Gasteiger partial charge is 0.466 e. The molecule has 0 aromatic carbocycles. The van der Waals surface area contributed by atoms with Gasteiger partial charge in [0, 0.05) is 37.5 Å². The lowest BCUT2D eigenvalue weighted by Crippen LogP contribution is -2.46. The van der Waals surface area contributed by atoms with Gasteiger partial charge in [-0.25, -0.2) is 0 Å². The number of guanidine groups is 1. The van der Waals surface area contributed by atoms with Crippen LogP contribution >= 0.6 is 11.3 Å².